The largest absolute Gasteiger partial charge is 0.444 e. The predicted molar refractivity (Wildman–Crippen MR) is 180 cm³/mol. The molecule has 5 atom stereocenters. The van der Waals surface area contributed by atoms with Crippen LogP contribution in [-0.4, -0.2) is 89.9 Å². The van der Waals surface area contributed by atoms with Crippen molar-refractivity contribution in [3.05, 3.63) is 53.6 Å². The number of hydrogen-bond donors (Lipinski definition) is 3. The molecule has 2 aliphatic carbocycles. The minimum atomic E-state index is -3.96. The molecule has 3 N–H and O–H groups in total. The molecule has 6 rings (SSSR count). The van der Waals surface area contributed by atoms with Crippen LogP contribution in [-0.2, 0) is 47.0 Å². The zero-order valence-corrected chi connectivity index (χ0v) is 29.0. The van der Waals surface area contributed by atoms with Crippen molar-refractivity contribution in [1.29, 1.82) is 0 Å². The van der Waals surface area contributed by atoms with Gasteiger partial charge >= 0.3 is 6.09 Å². The summed E-state index contributed by atoms with van der Waals surface area (Å²) in [6.45, 7) is 3.90. The Kier molecular flexibility index (Phi) is 10.5. The van der Waals surface area contributed by atoms with E-state index < -0.39 is 87.5 Å². The molecular weight excluding hydrogens is 688 g/mol. The van der Waals surface area contributed by atoms with Gasteiger partial charge in [-0.1, -0.05) is 42.8 Å². The number of sulfonamides is 1. The fourth-order valence-corrected chi connectivity index (χ4v) is 8.51. The molecule has 3 heterocycles. The maximum atomic E-state index is 14.0. The molecule has 3 aliphatic heterocycles. The van der Waals surface area contributed by atoms with E-state index in [4.69, 9.17) is 4.74 Å². The average Bonchev–Trinajstić information content (AvgIpc) is 3.97. The van der Waals surface area contributed by atoms with Gasteiger partial charge in [-0.3, -0.25) is 28.8 Å². The van der Waals surface area contributed by atoms with E-state index in [1.54, 1.807) is 0 Å². The van der Waals surface area contributed by atoms with Crippen molar-refractivity contribution in [3.63, 3.8) is 0 Å². The monoisotopic (exact) mass is 731 g/mol. The second kappa shape index (κ2) is 14.7. The molecule has 51 heavy (non-hydrogen) atoms. The Morgan fingerprint density at radius 3 is 2.63 bits per heavy atom. The molecule has 1 aromatic rings. The number of nitrogens with one attached hydrogen (secondary N) is 3. The van der Waals surface area contributed by atoms with Gasteiger partial charge in [0.25, 0.3) is 5.91 Å². The molecule has 5 amide bonds. The molecule has 0 unspecified atom stereocenters. The predicted octanol–water partition coefficient (Wildman–Crippen LogP) is 2.89. The van der Waals surface area contributed by atoms with E-state index in [9.17, 15) is 41.2 Å². The van der Waals surface area contributed by atoms with Crippen LogP contribution in [0.3, 0.4) is 0 Å². The van der Waals surface area contributed by atoms with Crippen molar-refractivity contribution < 1.29 is 45.9 Å². The number of fused-ring (bicyclic) bond motifs is 3. The molecule has 16 heteroatoms. The first-order valence-corrected chi connectivity index (χ1v) is 19.0. The third-order valence-electron chi connectivity index (χ3n) is 10.3. The highest BCUT2D eigenvalue weighted by Crippen LogP contribution is 2.45. The summed E-state index contributed by atoms with van der Waals surface area (Å²) in [5, 5.41) is 4.34. The van der Waals surface area contributed by atoms with Gasteiger partial charge in [0, 0.05) is 31.7 Å². The van der Waals surface area contributed by atoms with Gasteiger partial charge < -0.3 is 20.3 Å². The number of amides is 5. The molecule has 4 bridgehead atoms. The summed E-state index contributed by atoms with van der Waals surface area (Å²) in [4.78, 5) is 70.1. The lowest BCUT2D eigenvalue weighted by Crippen LogP contribution is -2.58. The topological polar surface area (TPSA) is 171 Å². The van der Waals surface area contributed by atoms with Crippen LogP contribution in [0.2, 0.25) is 0 Å². The van der Waals surface area contributed by atoms with E-state index in [2.05, 4.69) is 21.9 Å². The summed E-state index contributed by atoms with van der Waals surface area (Å²) >= 11 is 0. The van der Waals surface area contributed by atoms with Gasteiger partial charge in [-0.2, -0.15) is 0 Å². The fraction of sp³-hybridized carbons (Fsp3) is 0.571. The highest BCUT2D eigenvalue weighted by Gasteiger charge is 2.62. The van der Waals surface area contributed by atoms with Gasteiger partial charge in [0.15, 0.2) is 0 Å². The third kappa shape index (κ3) is 8.10. The molecule has 1 saturated heterocycles. The van der Waals surface area contributed by atoms with Crippen LogP contribution in [0.4, 0.5) is 13.6 Å². The van der Waals surface area contributed by atoms with Gasteiger partial charge in [0.05, 0.1) is 18.3 Å². The summed E-state index contributed by atoms with van der Waals surface area (Å²) in [5.41, 5.74) is 1.23. The van der Waals surface area contributed by atoms with E-state index in [1.807, 2.05) is 30.4 Å². The summed E-state index contributed by atoms with van der Waals surface area (Å²) in [6.07, 6.45) is 3.06. The Morgan fingerprint density at radius 2 is 1.92 bits per heavy atom. The number of nitrogens with zero attached hydrogens (tertiary/aromatic N) is 2. The number of ether oxygens (including phenoxy) is 1. The smallest absolute Gasteiger partial charge is 0.410 e. The van der Waals surface area contributed by atoms with Crippen LogP contribution in [0.15, 0.2) is 36.9 Å². The van der Waals surface area contributed by atoms with E-state index in [0.717, 1.165) is 34.4 Å². The van der Waals surface area contributed by atoms with E-state index in [0.29, 0.717) is 25.7 Å². The first kappa shape index (κ1) is 36.5. The second-order valence-corrected chi connectivity index (χ2v) is 16.0. The van der Waals surface area contributed by atoms with E-state index >= 15 is 0 Å². The highest BCUT2D eigenvalue weighted by molar-refractivity contribution is 7.91. The summed E-state index contributed by atoms with van der Waals surface area (Å²) in [5.74, 6) is -3.99. The average molecular weight is 732 g/mol. The Hall–Kier alpha value is -4.34. The van der Waals surface area contributed by atoms with Crippen molar-refractivity contribution in [3.8, 4) is 0 Å². The maximum Gasteiger partial charge on any atom is 0.410 e. The van der Waals surface area contributed by atoms with Gasteiger partial charge in [-0.15, -0.1) is 6.58 Å². The van der Waals surface area contributed by atoms with Gasteiger partial charge in [-0.05, 0) is 55.2 Å². The molecule has 0 aromatic heterocycles. The molecule has 0 spiro atoms. The third-order valence-corrected chi connectivity index (χ3v) is 12.1. The maximum absolute atomic E-state index is 14.0. The van der Waals surface area contributed by atoms with Crippen LogP contribution >= 0.6 is 0 Å². The molecule has 1 aromatic carbocycles. The SMILES string of the molecule is C=C[C@@H]1C[C@@]1(NC(=O)[C@@H]1C[C@@H]2CN1C(=O)[C@H](CC(F)F)NC(=O)CCCCC/C=C\c1cccc3c1CN(C3)C(=O)O2)C(=O)NS(=O)(=O)C1CC1. The molecular formula is C35H43F2N5O8S. The van der Waals surface area contributed by atoms with Crippen molar-refractivity contribution in [2.45, 2.75) is 113 Å². The Morgan fingerprint density at radius 1 is 1.14 bits per heavy atom. The van der Waals surface area contributed by atoms with Crippen molar-refractivity contribution >= 4 is 45.8 Å². The molecule has 276 valence electrons. The van der Waals surface area contributed by atoms with Crippen LogP contribution in [0, 0.1) is 5.92 Å². The van der Waals surface area contributed by atoms with Crippen LogP contribution in [0.1, 0.15) is 80.9 Å². The number of benzene rings is 1. The first-order valence-electron chi connectivity index (χ1n) is 17.4. The zero-order valence-electron chi connectivity index (χ0n) is 28.2. The molecule has 5 aliphatic rings. The number of alkyl halides is 2. The highest BCUT2D eigenvalue weighted by atomic mass is 32.2. The lowest BCUT2D eigenvalue weighted by atomic mass is 10.0. The summed E-state index contributed by atoms with van der Waals surface area (Å²) < 4.78 is 60.6. The van der Waals surface area contributed by atoms with E-state index in [1.165, 1.54) is 11.0 Å². The van der Waals surface area contributed by atoms with Gasteiger partial charge in [-0.25, -0.2) is 22.0 Å². The van der Waals surface area contributed by atoms with E-state index in [-0.39, 0.29) is 38.9 Å². The molecule has 3 fully saturated rings. The lowest BCUT2D eigenvalue weighted by molar-refractivity contribution is -0.143. The minimum absolute atomic E-state index is 0.00719. The first-order chi connectivity index (χ1) is 24.3. The summed E-state index contributed by atoms with van der Waals surface area (Å²) in [6, 6.07) is 2.72. The standard InChI is InChI=1S/C35H43F2N5O8S/c1-2-23-17-35(23,33(46)40-51(48,49)25-13-14-25)39-31(44)28-15-24-19-42(28)32(45)27(16-29(36)37)38-30(43)12-7-5-3-4-6-9-21-10-8-11-22-18-41(20-26(21)22)34(47)50-24/h2,6,8-11,23-25,27-29H,1,3-5,7,12-20H2,(H,38,43)(H,39,44)(H,40,46)/b9-6-/t23-,24-,27+,28+,35+/m1/s1. The Labute approximate surface area is 295 Å². The molecule has 0 radical (unpaired) electrons. The molecule has 13 nitrogen and oxygen atoms in total. The van der Waals surface area contributed by atoms with Crippen molar-refractivity contribution in [2.75, 3.05) is 6.54 Å². The zero-order chi connectivity index (χ0) is 36.5. The number of hydrogen-bond acceptors (Lipinski definition) is 8. The normalized spacial score (nSPS) is 29.2. The Balaban J connectivity index is 1.26. The van der Waals surface area contributed by atoms with Crippen LogP contribution in [0.5, 0.6) is 0 Å². The minimum Gasteiger partial charge on any atom is -0.444 e. The second-order valence-electron chi connectivity index (χ2n) is 14.0. The lowest BCUT2D eigenvalue weighted by Gasteiger charge is -2.29. The number of rotatable bonds is 8. The van der Waals surface area contributed by atoms with Crippen molar-refractivity contribution in [2.24, 2.45) is 5.92 Å². The quantitative estimate of drug-likeness (QED) is 0.343. The molecule has 2 saturated carbocycles. The number of halogens is 2. The number of allylic oxidation sites excluding steroid dienone is 1. The number of carbonyl (C=O) groups excluding carboxylic acids is 5. The van der Waals surface area contributed by atoms with Crippen LogP contribution < -0.4 is 15.4 Å². The van der Waals surface area contributed by atoms with Crippen molar-refractivity contribution in [1.82, 2.24) is 25.2 Å². The van der Waals surface area contributed by atoms with Gasteiger partial charge in [0.1, 0.15) is 23.7 Å². The fourth-order valence-electron chi connectivity index (χ4n) is 7.15. The van der Waals surface area contributed by atoms with Gasteiger partial charge in [0.2, 0.25) is 34.2 Å². The van der Waals surface area contributed by atoms with Crippen LogP contribution in [0.25, 0.3) is 6.08 Å². The number of carbonyl (C=O) groups is 5. The Bertz CT molecular complexity index is 1730. The summed E-state index contributed by atoms with van der Waals surface area (Å²) in [7, 11) is -3.96.